The van der Waals surface area contributed by atoms with Gasteiger partial charge in [0.25, 0.3) is 0 Å². The Morgan fingerprint density at radius 3 is 2.57 bits per heavy atom. The zero-order valence-electron chi connectivity index (χ0n) is 6.94. The molecule has 0 amide bonds. The van der Waals surface area contributed by atoms with Gasteiger partial charge in [-0.2, -0.15) is 0 Å². The van der Waals surface area contributed by atoms with Crippen LogP contribution in [-0.2, 0) is 0 Å². The SMILES string of the molecule is OB(O)c1sc2cccc(F)c2c1O. The Labute approximate surface area is 83.2 Å². The second-order valence-electron chi connectivity index (χ2n) is 2.80. The average molecular weight is 212 g/mol. The summed E-state index contributed by atoms with van der Waals surface area (Å²) in [6.07, 6.45) is 0. The minimum atomic E-state index is -1.77. The number of aromatic hydroxyl groups is 1. The second-order valence-corrected chi connectivity index (χ2v) is 3.89. The summed E-state index contributed by atoms with van der Waals surface area (Å²) >= 11 is 0.956. The van der Waals surface area contributed by atoms with E-state index in [9.17, 15) is 9.50 Å². The molecular weight excluding hydrogens is 206 g/mol. The van der Waals surface area contributed by atoms with Gasteiger partial charge in [-0.25, -0.2) is 4.39 Å². The van der Waals surface area contributed by atoms with E-state index in [1.165, 1.54) is 12.1 Å². The van der Waals surface area contributed by atoms with E-state index < -0.39 is 18.7 Å². The van der Waals surface area contributed by atoms with E-state index in [4.69, 9.17) is 10.0 Å². The molecule has 6 heteroatoms. The highest BCUT2D eigenvalue weighted by Gasteiger charge is 2.23. The zero-order chi connectivity index (χ0) is 10.3. The molecule has 0 aliphatic rings. The summed E-state index contributed by atoms with van der Waals surface area (Å²) in [7, 11) is -1.77. The first kappa shape index (κ1) is 9.45. The van der Waals surface area contributed by atoms with Crippen LogP contribution < -0.4 is 4.78 Å². The van der Waals surface area contributed by atoms with Crippen molar-refractivity contribution in [2.45, 2.75) is 0 Å². The summed E-state index contributed by atoms with van der Waals surface area (Å²) in [5.41, 5.74) is 0. The van der Waals surface area contributed by atoms with Crippen LogP contribution in [0.2, 0.25) is 0 Å². The highest BCUT2D eigenvalue weighted by atomic mass is 32.1. The zero-order valence-corrected chi connectivity index (χ0v) is 7.75. The monoisotopic (exact) mass is 212 g/mol. The lowest BCUT2D eigenvalue weighted by molar-refractivity contribution is 0.422. The third kappa shape index (κ3) is 1.28. The van der Waals surface area contributed by atoms with E-state index in [2.05, 4.69) is 0 Å². The molecule has 0 saturated carbocycles. The summed E-state index contributed by atoms with van der Waals surface area (Å²) in [4.78, 5) is 0. The van der Waals surface area contributed by atoms with Gasteiger partial charge in [0.1, 0.15) is 11.6 Å². The van der Waals surface area contributed by atoms with Crippen molar-refractivity contribution in [1.29, 1.82) is 0 Å². The Balaban J connectivity index is 2.81. The minimum absolute atomic E-state index is 0.0369. The summed E-state index contributed by atoms with van der Waals surface area (Å²) in [5, 5.41) is 27.3. The molecule has 0 aliphatic carbocycles. The molecule has 3 nitrogen and oxygen atoms in total. The third-order valence-corrected chi connectivity index (χ3v) is 3.08. The molecule has 0 spiro atoms. The van der Waals surface area contributed by atoms with Gasteiger partial charge in [0.15, 0.2) is 0 Å². The van der Waals surface area contributed by atoms with E-state index in [1.807, 2.05) is 0 Å². The lowest BCUT2D eigenvalue weighted by Gasteiger charge is -1.95. The molecule has 1 aromatic heterocycles. The van der Waals surface area contributed by atoms with Gasteiger partial charge in [0, 0.05) is 4.70 Å². The molecule has 0 fully saturated rings. The standard InChI is InChI=1S/C8H6BFO3S/c10-4-2-1-3-5-6(4)7(11)8(14-5)9(12)13/h1-3,11-13H. The number of halogens is 1. The molecule has 0 atom stereocenters. The predicted octanol–water partition coefficient (Wildman–Crippen LogP) is 0.426. The van der Waals surface area contributed by atoms with E-state index in [0.717, 1.165) is 11.3 Å². The minimum Gasteiger partial charge on any atom is -0.507 e. The maximum absolute atomic E-state index is 13.2. The van der Waals surface area contributed by atoms with E-state index in [-0.39, 0.29) is 10.2 Å². The van der Waals surface area contributed by atoms with Crippen molar-refractivity contribution in [3.05, 3.63) is 24.0 Å². The Morgan fingerprint density at radius 1 is 1.29 bits per heavy atom. The molecule has 0 aliphatic heterocycles. The highest BCUT2D eigenvalue weighted by Crippen LogP contribution is 2.31. The number of fused-ring (bicyclic) bond motifs is 1. The van der Waals surface area contributed by atoms with Crippen molar-refractivity contribution in [2.75, 3.05) is 0 Å². The molecule has 0 radical (unpaired) electrons. The smallest absolute Gasteiger partial charge is 0.502 e. The van der Waals surface area contributed by atoms with Gasteiger partial charge in [0.2, 0.25) is 0 Å². The van der Waals surface area contributed by atoms with Gasteiger partial charge < -0.3 is 15.2 Å². The number of thiophene rings is 1. The van der Waals surface area contributed by atoms with Gasteiger partial charge in [-0.05, 0) is 12.1 Å². The fraction of sp³-hybridized carbons (Fsp3) is 0. The molecule has 0 unspecified atom stereocenters. The van der Waals surface area contributed by atoms with E-state index >= 15 is 0 Å². The quantitative estimate of drug-likeness (QED) is 0.600. The Bertz CT molecular complexity index is 483. The molecule has 0 saturated heterocycles. The van der Waals surface area contributed by atoms with Crippen LogP contribution >= 0.6 is 11.3 Å². The van der Waals surface area contributed by atoms with Crippen LogP contribution in [0.1, 0.15) is 0 Å². The van der Waals surface area contributed by atoms with Crippen LogP contribution in [0.5, 0.6) is 5.75 Å². The Morgan fingerprint density at radius 2 is 2.00 bits per heavy atom. The van der Waals surface area contributed by atoms with Crippen LogP contribution in [0.3, 0.4) is 0 Å². The lowest BCUT2D eigenvalue weighted by Crippen LogP contribution is -2.26. The van der Waals surface area contributed by atoms with Crippen molar-refractivity contribution in [2.24, 2.45) is 0 Å². The average Bonchev–Trinajstić information content (AvgIpc) is 2.45. The van der Waals surface area contributed by atoms with Gasteiger partial charge >= 0.3 is 7.12 Å². The summed E-state index contributed by atoms with van der Waals surface area (Å²) in [6.45, 7) is 0. The van der Waals surface area contributed by atoms with Crippen molar-refractivity contribution < 1.29 is 19.5 Å². The van der Waals surface area contributed by atoms with Crippen LogP contribution in [-0.4, -0.2) is 22.3 Å². The number of rotatable bonds is 1. The van der Waals surface area contributed by atoms with Crippen LogP contribution in [0.15, 0.2) is 18.2 Å². The first-order valence-corrected chi connectivity index (χ1v) is 4.69. The fourth-order valence-corrected chi connectivity index (χ4v) is 2.27. The number of benzene rings is 1. The largest absolute Gasteiger partial charge is 0.507 e. The van der Waals surface area contributed by atoms with Crippen LogP contribution in [0.25, 0.3) is 10.1 Å². The molecule has 1 aromatic carbocycles. The molecule has 2 rings (SSSR count). The normalized spacial score (nSPS) is 10.8. The second kappa shape index (κ2) is 3.23. The summed E-state index contributed by atoms with van der Waals surface area (Å²) < 4.78 is 13.7. The Hall–Kier alpha value is -1.11. The molecule has 2 aromatic rings. The van der Waals surface area contributed by atoms with Crippen molar-refractivity contribution in [1.82, 2.24) is 0 Å². The maximum Gasteiger partial charge on any atom is 0.502 e. The first-order valence-electron chi connectivity index (χ1n) is 3.87. The molecule has 72 valence electrons. The molecular formula is C8H6BFO3S. The van der Waals surface area contributed by atoms with Crippen molar-refractivity contribution in [3.8, 4) is 5.75 Å². The summed E-state index contributed by atoms with van der Waals surface area (Å²) in [6, 6.07) is 4.32. The van der Waals surface area contributed by atoms with Gasteiger partial charge in [-0.3, -0.25) is 0 Å². The predicted molar refractivity (Wildman–Crippen MR) is 53.3 cm³/mol. The van der Waals surface area contributed by atoms with E-state index in [1.54, 1.807) is 6.07 Å². The highest BCUT2D eigenvalue weighted by molar-refractivity contribution is 7.28. The number of hydrogen-bond acceptors (Lipinski definition) is 4. The van der Waals surface area contributed by atoms with E-state index in [0.29, 0.717) is 4.70 Å². The summed E-state index contributed by atoms with van der Waals surface area (Å²) in [5.74, 6) is -0.957. The van der Waals surface area contributed by atoms with Gasteiger partial charge in [-0.1, -0.05) is 6.07 Å². The number of hydrogen-bond donors (Lipinski definition) is 3. The topological polar surface area (TPSA) is 60.7 Å². The molecule has 0 bridgehead atoms. The van der Waals surface area contributed by atoms with Gasteiger partial charge in [-0.15, -0.1) is 11.3 Å². The molecule has 1 heterocycles. The van der Waals surface area contributed by atoms with Crippen molar-refractivity contribution >= 4 is 33.3 Å². The first-order chi connectivity index (χ1) is 6.61. The van der Waals surface area contributed by atoms with Gasteiger partial charge in [0.05, 0.1) is 10.2 Å². The fourth-order valence-electron chi connectivity index (χ4n) is 1.28. The van der Waals surface area contributed by atoms with Crippen LogP contribution in [0, 0.1) is 5.82 Å². The molecule has 14 heavy (non-hydrogen) atoms. The molecule has 3 N–H and O–H groups in total. The Kier molecular flexibility index (Phi) is 2.18. The van der Waals surface area contributed by atoms with Crippen LogP contribution in [0.4, 0.5) is 4.39 Å². The lowest BCUT2D eigenvalue weighted by atomic mass is 9.88. The third-order valence-electron chi connectivity index (χ3n) is 1.90. The maximum atomic E-state index is 13.2. The van der Waals surface area contributed by atoms with Crippen molar-refractivity contribution in [3.63, 3.8) is 0 Å².